The minimum Gasteiger partial charge on any atom is -0.277 e. The highest BCUT2D eigenvalue weighted by Gasteiger charge is 2.51. The molecule has 100 valence electrons. The molecule has 4 fully saturated rings. The average Bonchev–Trinajstić information content (AvgIpc) is 2.27. The summed E-state index contributed by atoms with van der Waals surface area (Å²) in [6.07, 6.45) is 10.0. The Morgan fingerprint density at radius 2 is 1.67 bits per heavy atom. The Labute approximate surface area is 109 Å². The van der Waals surface area contributed by atoms with Crippen LogP contribution < -0.4 is 5.48 Å². The zero-order valence-corrected chi connectivity index (χ0v) is 11.4. The van der Waals surface area contributed by atoms with Crippen molar-refractivity contribution in [3.8, 4) is 0 Å². The molecule has 0 atom stereocenters. The highest BCUT2D eigenvalue weighted by atomic mass is 16.6. The molecule has 0 aliphatic heterocycles. The van der Waals surface area contributed by atoms with E-state index in [0.717, 1.165) is 17.8 Å². The van der Waals surface area contributed by atoms with Crippen LogP contribution in [0.4, 0.5) is 0 Å². The molecule has 1 N–H and O–H groups in total. The molecule has 4 saturated carbocycles. The fourth-order valence-corrected chi connectivity index (χ4v) is 5.07. The molecule has 0 aromatic heterocycles. The minimum absolute atomic E-state index is 0.120. The van der Waals surface area contributed by atoms with Crippen molar-refractivity contribution in [3.05, 3.63) is 11.6 Å². The van der Waals surface area contributed by atoms with Gasteiger partial charge in [-0.25, -0.2) is 5.48 Å². The highest BCUT2D eigenvalue weighted by molar-refractivity contribution is 5.87. The van der Waals surface area contributed by atoms with Gasteiger partial charge in [-0.1, -0.05) is 5.57 Å². The molecule has 0 saturated heterocycles. The Bertz CT molecular complexity index is 351. The molecule has 3 heteroatoms. The maximum absolute atomic E-state index is 11.6. The highest BCUT2D eigenvalue weighted by Crippen LogP contribution is 2.62. The molecule has 18 heavy (non-hydrogen) atoms. The van der Waals surface area contributed by atoms with E-state index in [1.165, 1.54) is 51.2 Å². The Kier molecular flexibility index (Phi) is 2.97. The van der Waals surface area contributed by atoms with Gasteiger partial charge in [0.05, 0.1) is 7.11 Å². The van der Waals surface area contributed by atoms with Crippen LogP contribution in [0.3, 0.4) is 0 Å². The number of amides is 1. The van der Waals surface area contributed by atoms with Gasteiger partial charge in [-0.05, 0) is 68.6 Å². The smallest absolute Gasteiger partial charge is 0.267 e. The number of carbonyl (C=O) groups is 1. The van der Waals surface area contributed by atoms with Crippen LogP contribution in [-0.2, 0) is 9.63 Å². The Balaban J connectivity index is 1.80. The quantitative estimate of drug-likeness (QED) is 0.617. The first-order chi connectivity index (χ1) is 8.61. The van der Waals surface area contributed by atoms with E-state index in [1.54, 1.807) is 6.08 Å². The third-order valence-electron chi connectivity index (χ3n) is 5.43. The van der Waals surface area contributed by atoms with Gasteiger partial charge in [-0.15, -0.1) is 0 Å². The summed E-state index contributed by atoms with van der Waals surface area (Å²) in [7, 11) is 1.48. The van der Waals surface area contributed by atoms with Crippen molar-refractivity contribution in [1.29, 1.82) is 0 Å². The predicted molar refractivity (Wildman–Crippen MR) is 69.5 cm³/mol. The second kappa shape index (κ2) is 4.37. The summed E-state index contributed by atoms with van der Waals surface area (Å²) in [5.41, 5.74) is 4.00. The number of rotatable bonds is 3. The number of hydrogen-bond acceptors (Lipinski definition) is 2. The van der Waals surface area contributed by atoms with Gasteiger partial charge in [-0.2, -0.15) is 0 Å². The van der Waals surface area contributed by atoms with Gasteiger partial charge in [0.15, 0.2) is 0 Å². The topological polar surface area (TPSA) is 38.3 Å². The van der Waals surface area contributed by atoms with Gasteiger partial charge in [0.25, 0.3) is 5.91 Å². The second-order valence-electron chi connectivity index (χ2n) is 6.70. The van der Waals surface area contributed by atoms with Gasteiger partial charge < -0.3 is 0 Å². The summed E-state index contributed by atoms with van der Waals surface area (Å²) in [6, 6.07) is 0. The molecule has 0 spiro atoms. The monoisotopic (exact) mass is 249 g/mol. The van der Waals surface area contributed by atoms with Crippen molar-refractivity contribution in [2.45, 2.75) is 45.4 Å². The van der Waals surface area contributed by atoms with E-state index in [0.29, 0.717) is 5.41 Å². The lowest BCUT2D eigenvalue weighted by Gasteiger charge is -2.57. The molecular formula is C15H23NO2. The first-order valence-electron chi connectivity index (χ1n) is 7.13. The van der Waals surface area contributed by atoms with Crippen molar-refractivity contribution in [2.75, 3.05) is 7.11 Å². The molecule has 0 heterocycles. The summed E-state index contributed by atoms with van der Waals surface area (Å²) >= 11 is 0. The molecule has 0 radical (unpaired) electrons. The standard InChI is InChI=1S/C15H23NO2/c1-10(3-14(17)16-18-2)15-7-11-4-12(8-15)6-13(5-11)9-15/h3,11-13H,4-9H2,1-2H3,(H,16,17). The molecule has 4 rings (SSSR count). The van der Waals surface area contributed by atoms with Gasteiger partial charge in [-0.3, -0.25) is 9.63 Å². The minimum atomic E-state index is -0.120. The second-order valence-corrected chi connectivity index (χ2v) is 6.70. The van der Waals surface area contributed by atoms with Crippen LogP contribution in [0.25, 0.3) is 0 Å². The van der Waals surface area contributed by atoms with Crippen molar-refractivity contribution >= 4 is 5.91 Å². The molecule has 1 amide bonds. The number of allylic oxidation sites excluding steroid dienone is 1. The van der Waals surface area contributed by atoms with Crippen molar-refractivity contribution < 1.29 is 9.63 Å². The molecule has 4 aliphatic carbocycles. The van der Waals surface area contributed by atoms with Crippen LogP contribution in [0.1, 0.15) is 45.4 Å². The lowest BCUT2D eigenvalue weighted by Crippen LogP contribution is -2.46. The van der Waals surface area contributed by atoms with Gasteiger partial charge >= 0.3 is 0 Å². The van der Waals surface area contributed by atoms with Crippen molar-refractivity contribution in [2.24, 2.45) is 23.2 Å². The van der Waals surface area contributed by atoms with Crippen molar-refractivity contribution in [3.63, 3.8) is 0 Å². The summed E-state index contributed by atoms with van der Waals surface area (Å²) in [5.74, 6) is 2.64. The first-order valence-corrected chi connectivity index (χ1v) is 7.13. The van der Waals surface area contributed by atoms with Crippen LogP contribution in [-0.4, -0.2) is 13.0 Å². The van der Waals surface area contributed by atoms with E-state index in [4.69, 9.17) is 0 Å². The SMILES string of the molecule is CONC(=O)C=C(C)C12CC3CC(CC(C3)C1)C2. The molecule has 0 aromatic carbocycles. The van der Waals surface area contributed by atoms with E-state index in [-0.39, 0.29) is 5.91 Å². The normalized spacial score (nSPS) is 42.1. The van der Waals surface area contributed by atoms with Crippen LogP contribution in [0.15, 0.2) is 11.6 Å². The number of hydroxylamine groups is 1. The third-order valence-corrected chi connectivity index (χ3v) is 5.43. The summed E-state index contributed by atoms with van der Waals surface area (Å²) in [4.78, 5) is 16.3. The zero-order valence-electron chi connectivity index (χ0n) is 11.4. The van der Waals surface area contributed by atoms with Crippen LogP contribution >= 0.6 is 0 Å². The Morgan fingerprint density at radius 3 is 2.11 bits per heavy atom. The molecular weight excluding hydrogens is 226 g/mol. The van der Waals surface area contributed by atoms with Gasteiger partial charge in [0.2, 0.25) is 0 Å². The van der Waals surface area contributed by atoms with E-state index in [1.807, 2.05) is 0 Å². The molecule has 4 bridgehead atoms. The molecule has 0 unspecified atom stereocenters. The van der Waals surface area contributed by atoms with E-state index in [2.05, 4.69) is 17.2 Å². The van der Waals surface area contributed by atoms with E-state index >= 15 is 0 Å². The van der Waals surface area contributed by atoms with E-state index in [9.17, 15) is 4.79 Å². The Morgan fingerprint density at radius 1 is 1.17 bits per heavy atom. The van der Waals surface area contributed by atoms with Gasteiger partial charge in [0.1, 0.15) is 0 Å². The maximum atomic E-state index is 11.6. The summed E-state index contributed by atoms with van der Waals surface area (Å²) in [6.45, 7) is 2.14. The fourth-order valence-electron chi connectivity index (χ4n) is 5.07. The summed E-state index contributed by atoms with van der Waals surface area (Å²) in [5, 5.41) is 0. The first kappa shape index (κ1) is 12.2. The van der Waals surface area contributed by atoms with Crippen LogP contribution in [0, 0.1) is 23.2 Å². The fraction of sp³-hybridized carbons (Fsp3) is 0.800. The zero-order chi connectivity index (χ0) is 12.8. The van der Waals surface area contributed by atoms with Crippen LogP contribution in [0.2, 0.25) is 0 Å². The number of hydrogen-bond donors (Lipinski definition) is 1. The molecule has 0 aromatic rings. The predicted octanol–water partition coefficient (Wildman–Crippen LogP) is 2.83. The lowest BCUT2D eigenvalue weighted by molar-refractivity contribution is -0.126. The maximum Gasteiger partial charge on any atom is 0.267 e. The lowest BCUT2D eigenvalue weighted by atomic mass is 9.48. The van der Waals surface area contributed by atoms with E-state index < -0.39 is 0 Å². The van der Waals surface area contributed by atoms with Crippen molar-refractivity contribution in [1.82, 2.24) is 5.48 Å². The van der Waals surface area contributed by atoms with Gasteiger partial charge in [0, 0.05) is 6.08 Å². The molecule has 3 nitrogen and oxygen atoms in total. The largest absolute Gasteiger partial charge is 0.277 e. The average molecular weight is 249 g/mol. The summed E-state index contributed by atoms with van der Waals surface area (Å²) < 4.78 is 0. The number of nitrogens with one attached hydrogen (secondary N) is 1. The third kappa shape index (κ3) is 1.99. The number of carbonyl (C=O) groups excluding carboxylic acids is 1. The molecule has 4 aliphatic rings. The van der Waals surface area contributed by atoms with Crippen LogP contribution in [0.5, 0.6) is 0 Å². The Hall–Kier alpha value is -0.830.